The first kappa shape index (κ1) is 15.6. The van der Waals surface area contributed by atoms with Gasteiger partial charge in [-0.15, -0.1) is 0 Å². The predicted octanol–water partition coefficient (Wildman–Crippen LogP) is 2.77. The molecular weight excluding hydrogens is 295 g/mol. The van der Waals surface area contributed by atoms with E-state index in [-0.39, 0.29) is 29.8 Å². The highest BCUT2D eigenvalue weighted by Gasteiger charge is 2.36. The number of nitrogens with one attached hydrogen (secondary N) is 1. The number of aliphatic hydroxyl groups is 1. The van der Waals surface area contributed by atoms with Crippen LogP contribution in [0.1, 0.15) is 40.5 Å². The summed E-state index contributed by atoms with van der Waals surface area (Å²) in [6, 6.07) is 9.43. The number of aryl methyl sites for hydroxylation is 1. The van der Waals surface area contributed by atoms with Gasteiger partial charge in [-0.25, -0.2) is 4.39 Å². The van der Waals surface area contributed by atoms with Crippen LogP contribution in [0, 0.1) is 18.7 Å². The van der Waals surface area contributed by atoms with E-state index in [1.54, 1.807) is 13.1 Å². The van der Waals surface area contributed by atoms with Crippen molar-refractivity contribution in [3.8, 4) is 0 Å². The van der Waals surface area contributed by atoms with Gasteiger partial charge >= 0.3 is 0 Å². The van der Waals surface area contributed by atoms with Gasteiger partial charge in [0, 0.05) is 11.8 Å². The average molecular weight is 314 g/mol. The molecule has 0 spiro atoms. The van der Waals surface area contributed by atoms with E-state index in [1.165, 1.54) is 18.2 Å². The molecule has 3 rings (SSSR count). The van der Waals surface area contributed by atoms with Gasteiger partial charge in [0.25, 0.3) is 5.91 Å². The van der Waals surface area contributed by atoms with Crippen LogP contribution in [-0.4, -0.2) is 22.1 Å². The van der Waals surface area contributed by atoms with Crippen molar-refractivity contribution in [3.05, 3.63) is 65.2 Å². The first-order valence-corrected chi connectivity index (χ1v) is 7.70. The summed E-state index contributed by atoms with van der Waals surface area (Å²) in [5, 5.41) is 12.6. The minimum atomic E-state index is -0.359. The van der Waals surface area contributed by atoms with E-state index in [0.717, 1.165) is 5.69 Å². The maximum atomic E-state index is 13.2. The van der Waals surface area contributed by atoms with Gasteiger partial charge in [0.2, 0.25) is 0 Å². The number of halogens is 1. The van der Waals surface area contributed by atoms with Crippen LogP contribution in [-0.2, 0) is 0 Å². The van der Waals surface area contributed by atoms with Crippen LogP contribution in [0.25, 0.3) is 0 Å². The highest BCUT2D eigenvalue weighted by molar-refractivity contribution is 5.95. The fourth-order valence-corrected chi connectivity index (χ4v) is 3.00. The first-order valence-electron chi connectivity index (χ1n) is 7.70. The molecule has 0 bridgehead atoms. The number of hydrogen-bond acceptors (Lipinski definition) is 3. The number of nitrogens with zero attached hydrogens (tertiary/aromatic N) is 1. The van der Waals surface area contributed by atoms with Gasteiger partial charge in [0.05, 0.1) is 17.8 Å². The molecule has 120 valence electrons. The molecule has 0 radical (unpaired) electrons. The van der Waals surface area contributed by atoms with E-state index in [1.807, 2.05) is 18.2 Å². The monoisotopic (exact) mass is 314 g/mol. The summed E-state index contributed by atoms with van der Waals surface area (Å²) in [5.41, 5.74) is 1.82. The second kappa shape index (κ2) is 6.46. The summed E-state index contributed by atoms with van der Waals surface area (Å²) in [6.45, 7) is 1.71. The number of amides is 1. The third-order valence-corrected chi connectivity index (χ3v) is 4.35. The van der Waals surface area contributed by atoms with Crippen molar-refractivity contribution in [1.82, 2.24) is 10.3 Å². The summed E-state index contributed by atoms with van der Waals surface area (Å²) in [4.78, 5) is 16.9. The lowest BCUT2D eigenvalue weighted by Crippen LogP contribution is -2.41. The highest BCUT2D eigenvalue weighted by atomic mass is 19.1. The van der Waals surface area contributed by atoms with Crippen molar-refractivity contribution in [3.63, 3.8) is 0 Å². The Morgan fingerprint density at radius 1 is 1.35 bits per heavy atom. The normalized spacial score (nSPS) is 21.3. The molecule has 1 fully saturated rings. The Labute approximate surface area is 134 Å². The topological polar surface area (TPSA) is 62.2 Å². The molecule has 4 nitrogen and oxygen atoms in total. The third-order valence-electron chi connectivity index (χ3n) is 4.35. The van der Waals surface area contributed by atoms with Gasteiger partial charge in [-0.1, -0.05) is 6.07 Å². The van der Waals surface area contributed by atoms with E-state index in [4.69, 9.17) is 0 Å². The van der Waals surface area contributed by atoms with Crippen molar-refractivity contribution in [2.75, 3.05) is 0 Å². The summed E-state index contributed by atoms with van der Waals surface area (Å²) >= 11 is 0. The van der Waals surface area contributed by atoms with E-state index in [9.17, 15) is 14.3 Å². The number of carbonyl (C=O) groups is 1. The van der Waals surface area contributed by atoms with E-state index in [0.29, 0.717) is 24.0 Å². The standard InChI is InChI=1S/C18H19FN2O2/c1-11-8-13(19)5-6-15(11)18(23)21-17(12-9-14(22)10-12)16-4-2-3-7-20-16/h2-8,12,14,17,22H,9-10H2,1H3,(H,21,23)/t12?,14?,17-/m1/s1. The van der Waals surface area contributed by atoms with Gasteiger partial charge in [-0.2, -0.15) is 0 Å². The van der Waals surface area contributed by atoms with Crippen molar-refractivity contribution < 1.29 is 14.3 Å². The van der Waals surface area contributed by atoms with Crippen LogP contribution in [0.4, 0.5) is 4.39 Å². The Bertz CT molecular complexity index is 699. The largest absolute Gasteiger partial charge is 0.393 e. The minimum Gasteiger partial charge on any atom is -0.393 e. The van der Waals surface area contributed by atoms with Crippen LogP contribution in [0.3, 0.4) is 0 Å². The van der Waals surface area contributed by atoms with Crippen LogP contribution in [0.15, 0.2) is 42.6 Å². The molecule has 5 heteroatoms. The zero-order valence-corrected chi connectivity index (χ0v) is 12.9. The number of benzene rings is 1. The number of rotatable bonds is 4. The zero-order chi connectivity index (χ0) is 16.4. The third kappa shape index (κ3) is 3.40. The van der Waals surface area contributed by atoms with Crippen molar-refractivity contribution >= 4 is 5.91 Å². The number of carbonyl (C=O) groups excluding carboxylic acids is 1. The molecule has 1 amide bonds. The summed E-state index contributed by atoms with van der Waals surface area (Å²) in [7, 11) is 0. The summed E-state index contributed by atoms with van der Waals surface area (Å²) in [6.07, 6.45) is 2.66. The molecule has 2 aromatic rings. The quantitative estimate of drug-likeness (QED) is 0.912. The van der Waals surface area contributed by atoms with Crippen molar-refractivity contribution in [2.45, 2.75) is 31.9 Å². The molecule has 0 unspecified atom stereocenters. The zero-order valence-electron chi connectivity index (χ0n) is 12.9. The van der Waals surface area contributed by atoms with Crippen LogP contribution >= 0.6 is 0 Å². The fourth-order valence-electron chi connectivity index (χ4n) is 3.00. The molecule has 1 aliphatic carbocycles. The molecule has 1 saturated carbocycles. The minimum absolute atomic E-state index is 0.157. The van der Waals surface area contributed by atoms with Gasteiger partial charge in [-0.05, 0) is 61.6 Å². The second-order valence-electron chi connectivity index (χ2n) is 6.05. The Balaban J connectivity index is 1.82. The average Bonchev–Trinajstić information content (AvgIpc) is 2.50. The van der Waals surface area contributed by atoms with Gasteiger partial charge < -0.3 is 10.4 Å². The van der Waals surface area contributed by atoms with Gasteiger partial charge in [0.1, 0.15) is 5.82 Å². The molecule has 1 heterocycles. The van der Waals surface area contributed by atoms with Crippen LogP contribution in [0.2, 0.25) is 0 Å². The Hall–Kier alpha value is -2.27. The van der Waals surface area contributed by atoms with E-state index >= 15 is 0 Å². The second-order valence-corrected chi connectivity index (χ2v) is 6.05. The lowest BCUT2D eigenvalue weighted by molar-refractivity contribution is 0.0228. The molecule has 1 aromatic heterocycles. The predicted molar refractivity (Wildman–Crippen MR) is 84.3 cm³/mol. The molecule has 1 aliphatic rings. The summed E-state index contributed by atoms with van der Waals surface area (Å²) < 4.78 is 13.2. The van der Waals surface area contributed by atoms with E-state index < -0.39 is 0 Å². The highest BCUT2D eigenvalue weighted by Crippen LogP contribution is 2.37. The van der Waals surface area contributed by atoms with Gasteiger partial charge in [0.15, 0.2) is 0 Å². The molecular formula is C18H19FN2O2. The van der Waals surface area contributed by atoms with E-state index in [2.05, 4.69) is 10.3 Å². The number of hydrogen-bond donors (Lipinski definition) is 2. The van der Waals surface area contributed by atoms with Gasteiger partial charge in [-0.3, -0.25) is 9.78 Å². The maximum absolute atomic E-state index is 13.2. The van der Waals surface area contributed by atoms with Crippen LogP contribution < -0.4 is 5.32 Å². The lowest BCUT2D eigenvalue weighted by atomic mass is 9.76. The Morgan fingerprint density at radius 3 is 2.74 bits per heavy atom. The molecule has 1 atom stereocenters. The Kier molecular flexibility index (Phi) is 4.39. The molecule has 0 saturated heterocycles. The lowest BCUT2D eigenvalue weighted by Gasteiger charge is -2.37. The Morgan fingerprint density at radius 2 is 2.13 bits per heavy atom. The first-order chi connectivity index (χ1) is 11.0. The van der Waals surface area contributed by atoms with Crippen molar-refractivity contribution in [2.24, 2.45) is 5.92 Å². The molecule has 0 aliphatic heterocycles. The molecule has 1 aromatic carbocycles. The smallest absolute Gasteiger partial charge is 0.252 e. The SMILES string of the molecule is Cc1cc(F)ccc1C(=O)N[C@@H](c1ccccn1)C1CC(O)C1. The molecule has 23 heavy (non-hydrogen) atoms. The number of aromatic nitrogens is 1. The molecule has 2 N–H and O–H groups in total. The number of aliphatic hydroxyl groups excluding tert-OH is 1. The summed E-state index contributed by atoms with van der Waals surface area (Å²) in [5.74, 6) is -0.452. The number of pyridine rings is 1. The maximum Gasteiger partial charge on any atom is 0.252 e. The van der Waals surface area contributed by atoms with Crippen LogP contribution in [0.5, 0.6) is 0 Å². The fraction of sp³-hybridized carbons (Fsp3) is 0.333. The van der Waals surface area contributed by atoms with Crippen molar-refractivity contribution in [1.29, 1.82) is 0 Å².